The van der Waals surface area contributed by atoms with Gasteiger partial charge in [-0.05, 0) is 25.0 Å². The largest absolute Gasteiger partial charge is 0.358 e. The minimum atomic E-state index is 0.0162. The van der Waals surface area contributed by atoms with Gasteiger partial charge in [0.1, 0.15) is 0 Å². The Hall–Kier alpha value is -1.48. The van der Waals surface area contributed by atoms with Gasteiger partial charge < -0.3 is 10.3 Å². The second kappa shape index (κ2) is 5.91. The van der Waals surface area contributed by atoms with Crippen LogP contribution in [-0.2, 0) is 11.2 Å². The van der Waals surface area contributed by atoms with Crippen LogP contribution < -0.4 is 5.32 Å². The zero-order chi connectivity index (χ0) is 13.0. The molecule has 0 aliphatic carbocycles. The van der Waals surface area contributed by atoms with E-state index in [1.54, 1.807) is 0 Å². The van der Waals surface area contributed by atoms with Crippen molar-refractivity contribution in [3.63, 3.8) is 0 Å². The molecular formula is C14H17ClN2O. The fourth-order valence-electron chi connectivity index (χ4n) is 2.16. The van der Waals surface area contributed by atoms with E-state index >= 15 is 0 Å². The van der Waals surface area contributed by atoms with Crippen molar-refractivity contribution in [2.24, 2.45) is 0 Å². The molecule has 1 heterocycles. The number of nitrogens with one attached hydrogen (secondary N) is 2. The van der Waals surface area contributed by atoms with Crippen molar-refractivity contribution in [2.45, 2.75) is 19.8 Å². The predicted molar refractivity (Wildman–Crippen MR) is 75.1 cm³/mol. The molecule has 1 aromatic heterocycles. The highest BCUT2D eigenvalue weighted by atomic mass is 35.5. The van der Waals surface area contributed by atoms with E-state index in [0.717, 1.165) is 11.9 Å². The number of rotatable bonds is 5. The van der Waals surface area contributed by atoms with E-state index in [1.807, 2.05) is 12.1 Å². The topological polar surface area (TPSA) is 44.9 Å². The molecule has 0 bridgehead atoms. The zero-order valence-corrected chi connectivity index (χ0v) is 11.2. The number of alkyl halides is 1. The van der Waals surface area contributed by atoms with Crippen molar-refractivity contribution in [3.05, 3.63) is 35.5 Å². The lowest BCUT2D eigenvalue weighted by Crippen LogP contribution is -2.25. The Morgan fingerprint density at radius 2 is 2.17 bits per heavy atom. The molecular weight excluding hydrogens is 248 g/mol. The summed E-state index contributed by atoms with van der Waals surface area (Å²) in [6.07, 6.45) is 1.22. The molecule has 1 aromatic carbocycles. The second-order valence-electron chi connectivity index (χ2n) is 4.31. The summed E-state index contributed by atoms with van der Waals surface area (Å²) in [5.41, 5.74) is 3.59. The van der Waals surface area contributed by atoms with E-state index in [2.05, 4.69) is 29.4 Å². The number of amides is 1. The van der Waals surface area contributed by atoms with Crippen LogP contribution in [0.2, 0.25) is 0 Å². The molecule has 2 N–H and O–H groups in total. The summed E-state index contributed by atoms with van der Waals surface area (Å²) in [5.74, 6) is 0.389. The van der Waals surface area contributed by atoms with Crippen LogP contribution in [0.3, 0.4) is 0 Å². The molecule has 0 aliphatic heterocycles. The maximum absolute atomic E-state index is 11.3. The first-order chi connectivity index (χ1) is 8.72. The van der Waals surface area contributed by atoms with Crippen LogP contribution in [0, 0.1) is 6.92 Å². The fraction of sp³-hybridized carbons (Fsp3) is 0.357. The zero-order valence-electron chi connectivity index (χ0n) is 10.4. The highest BCUT2D eigenvalue weighted by Gasteiger charge is 2.07. The molecule has 4 heteroatoms. The van der Waals surface area contributed by atoms with E-state index in [-0.39, 0.29) is 5.91 Å². The lowest BCUT2D eigenvalue weighted by molar-refractivity contribution is -0.120. The van der Waals surface area contributed by atoms with E-state index < -0.39 is 0 Å². The molecule has 3 nitrogen and oxygen atoms in total. The standard InChI is InChI=1S/C14H17ClN2O/c1-10-11(7-9-16-14(18)6-8-15)12-4-2-3-5-13(12)17-10/h2-5,17H,6-9H2,1H3,(H,16,18). The Morgan fingerprint density at radius 1 is 1.39 bits per heavy atom. The van der Waals surface area contributed by atoms with Crippen molar-refractivity contribution < 1.29 is 4.79 Å². The summed E-state index contributed by atoms with van der Waals surface area (Å²) in [6.45, 7) is 2.72. The summed E-state index contributed by atoms with van der Waals surface area (Å²) in [5, 5.41) is 4.11. The van der Waals surface area contributed by atoms with Crippen molar-refractivity contribution in [1.82, 2.24) is 10.3 Å². The number of hydrogen-bond donors (Lipinski definition) is 2. The van der Waals surface area contributed by atoms with Gasteiger partial charge in [-0.2, -0.15) is 0 Å². The van der Waals surface area contributed by atoms with Crippen LogP contribution in [0.5, 0.6) is 0 Å². The number of halogens is 1. The monoisotopic (exact) mass is 264 g/mol. The minimum Gasteiger partial charge on any atom is -0.358 e. The third-order valence-corrected chi connectivity index (χ3v) is 3.23. The average Bonchev–Trinajstić information content (AvgIpc) is 2.66. The van der Waals surface area contributed by atoms with Crippen LogP contribution in [0.4, 0.5) is 0 Å². The number of aryl methyl sites for hydroxylation is 1. The Morgan fingerprint density at radius 3 is 2.94 bits per heavy atom. The molecule has 0 saturated carbocycles. The SMILES string of the molecule is Cc1[nH]c2ccccc2c1CCNC(=O)CCCl. The van der Waals surface area contributed by atoms with Crippen molar-refractivity contribution in [1.29, 1.82) is 0 Å². The molecule has 2 aromatic rings. The number of para-hydroxylation sites is 1. The Labute approximate surface area is 112 Å². The Kier molecular flexibility index (Phi) is 4.26. The number of aromatic amines is 1. The predicted octanol–water partition coefficient (Wildman–Crippen LogP) is 2.76. The van der Waals surface area contributed by atoms with Gasteiger partial charge in [0.25, 0.3) is 0 Å². The van der Waals surface area contributed by atoms with Gasteiger partial charge in [0.2, 0.25) is 5.91 Å². The maximum atomic E-state index is 11.3. The molecule has 0 atom stereocenters. The summed E-state index contributed by atoms with van der Waals surface area (Å²) < 4.78 is 0. The fourth-order valence-corrected chi connectivity index (χ4v) is 2.33. The lowest BCUT2D eigenvalue weighted by atomic mass is 10.1. The average molecular weight is 265 g/mol. The number of benzene rings is 1. The number of fused-ring (bicyclic) bond motifs is 1. The number of hydrogen-bond acceptors (Lipinski definition) is 1. The third kappa shape index (κ3) is 2.85. The summed E-state index contributed by atoms with van der Waals surface area (Å²) in [6, 6.07) is 8.22. The van der Waals surface area contributed by atoms with Gasteiger partial charge in [-0.1, -0.05) is 18.2 Å². The quantitative estimate of drug-likeness (QED) is 0.802. The van der Waals surface area contributed by atoms with Crippen LogP contribution in [0.25, 0.3) is 10.9 Å². The number of carbonyl (C=O) groups is 1. The molecule has 0 radical (unpaired) electrons. The lowest BCUT2D eigenvalue weighted by Gasteiger charge is -2.04. The Balaban J connectivity index is 2.03. The number of H-pyrrole nitrogens is 1. The van der Waals surface area contributed by atoms with Gasteiger partial charge in [-0.15, -0.1) is 11.6 Å². The summed E-state index contributed by atoms with van der Waals surface area (Å²) >= 11 is 5.51. The summed E-state index contributed by atoms with van der Waals surface area (Å²) in [4.78, 5) is 14.7. The number of aromatic nitrogens is 1. The third-order valence-electron chi connectivity index (χ3n) is 3.05. The van der Waals surface area contributed by atoms with E-state index in [0.29, 0.717) is 18.8 Å². The first kappa shape index (κ1) is 13.0. The van der Waals surface area contributed by atoms with Gasteiger partial charge in [0.15, 0.2) is 0 Å². The normalized spacial score (nSPS) is 10.8. The first-order valence-electron chi connectivity index (χ1n) is 6.11. The van der Waals surface area contributed by atoms with Crippen LogP contribution >= 0.6 is 11.6 Å². The van der Waals surface area contributed by atoms with Crippen LogP contribution in [0.1, 0.15) is 17.7 Å². The second-order valence-corrected chi connectivity index (χ2v) is 4.69. The van der Waals surface area contributed by atoms with E-state index in [4.69, 9.17) is 11.6 Å². The molecule has 0 fully saturated rings. The van der Waals surface area contributed by atoms with Gasteiger partial charge in [-0.3, -0.25) is 4.79 Å². The molecule has 1 amide bonds. The van der Waals surface area contributed by atoms with Gasteiger partial charge in [0, 0.05) is 35.4 Å². The van der Waals surface area contributed by atoms with Crippen LogP contribution in [0.15, 0.2) is 24.3 Å². The molecule has 0 saturated heterocycles. The molecule has 0 unspecified atom stereocenters. The van der Waals surface area contributed by atoms with E-state index in [1.165, 1.54) is 16.6 Å². The minimum absolute atomic E-state index is 0.0162. The van der Waals surface area contributed by atoms with Gasteiger partial charge in [0.05, 0.1) is 0 Å². The van der Waals surface area contributed by atoms with E-state index in [9.17, 15) is 4.79 Å². The highest BCUT2D eigenvalue weighted by Crippen LogP contribution is 2.21. The highest BCUT2D eigenvalue weighted by molar-refractivity contribution is 6.18. The van der Waals surface area contributed by atoms with Crippen molar-refractivity contribution in [3.8, 4) is 0 Å². The number of carbonyl (C=O) groups excluding carboxylic acids is 1. The summed E-state index contributed by atoms with van der Waals surface area (Å²) in [7, 11) is 0. The van der Waals surface area contributed by atoms with Crippen LogP contribution in [-0.4, -0.2) is 23.3 Å². The smallest absolute Gasteiger partial charge is 0.221 e. The van der Waals surface area contributed by atoms with Gasteiger partial charge >= 0.3 is 0 Å². The molecule has 0 aliphatic rings. The molecule has 0 spiro atoms. The van der Waals surface area contributed by atoms with Gasteiger partial charge in [-0.25, -0.2) is 0 Å². The van der Waals surface area contributed by atoms with Crippen molar-refractivity contribution >= 4 is 28.4 Å². The van der Waals surface area contributed by atoms with Crippen molar-refractivity contribution in [2.75, 3.05) is 12.4 Å². The molecule has 96 valence electrons. The Bertz CT molecular complexity index is 548. The first-order valence-corrected chi connectivity index (χ1v) is 6.64. The maximum Gasteiger partial charge on any atom is 0.221 e. The molecule has 2 rings (SSSR count). The molecule has 18 heavy (non-hydrogen) atoms.